The Labute approximate surface area is 212 Å². The average molecular weight is 494 g/mol. The second-order valence-electron chi connectivity index (χ2n) is 8.59. The van der Waals surface area contributed by atoms with Gasteiger partial charge in [0.05, 0.1) is 23.8 Å². The van der Waals surface area contributed by atoms with E-state index in [0.717, 1.165) is 10.8 Å². The van der Waals surface area contributed by atoms with Gasteiger partial charge < -0.3 is 14.9 Å². The first-order valence-corrected chi connectivity index (χ1v) is 11.8. The molecule has 0 saturated carbocycles. The van der Waals surface area contributed by atoms with E-state index in [1.807, 2.05) is 30.3 Å². The molecule has 1 atom stereocenters. The third-order valence-corrected chi connectivity index (χ3v) is 6.31. The highest BCUT2D eigenvalue weighted by molar-refractivity contribution is 6.51. The van der Waals surface area contributed by atoms with Crippen molar-refractivity contribution in [3.63, 3.8) is 0 Å². The average Bonchev–Trinajstić information content (AvgIpc) is 3.18. The van der Waals surface area contributed by atoms with Crippen LogP contribution in [-0.2, 0) is 14.3 Å². The lowest BCUT2D eigenvalue weighted by Gasteiger charge is -2.25. The molecule has 1 heterocycles. The van der Waals surface area contributed by atoms with E-state index in [1.54, 1.807) is 43.3 Å². The SMILES string of the molecule is CCOC(=O)c1ccc(N2C(=O)C(=O)/C(=C(\O)c3ccc4ccccc4c3)C2c2cccc(O)c2)cc1. The first-order chi connectivity index (χ1) is 17.9. The predicted octanol–water partition coefficient (Wildman–Crippen LogP) is 5.35. The van der Waals surface area contributed by atoms with Gasteiger partial charge in [-0.1, -0.05) is 48.5 Å². The summed E-state index contributed by atoms with van der Waals surface area (Å²) in [5.41, 5.74) is 1.38. The fourth-order valence-corrected chi connectivity index (χ4v) is 4.57. The molecule has 37 heavy (non-hydrogen) atoms. The van der Waals surface area contributed by atoms with Crippen molar-refractivity contribution in [3.8, 4) is 5.75 Å². The smallest absolute Gasteiger partial charge is 0.338 e. The number of rotatable bonds is 5. The zero-order chi connectivity index (χ0) is 26.1. The lowest BCUT2D eigenvalue weighted by Crippen LogP contribution is -2.29. The van der Waals surface area contributed by atoms with Crippen LogP contribution in [0.15, 0.2) is 96.6 Å². The zero-order valence-electron chi connectivity index (χ0n) is 19.9. The Morgan fingerprint density at radius 2 is 1.57 bits per heavy atom. The topological polar surface area (TPSA) is 104 Å². The van der Waals surface area contributed by atoms with Crippen molar-refractivity contribution < 1.29 is 29.3 Å². The highest BCUT2D eigenvalue weighted by Gasteiger charge is 2.47. The van der Waals surface area contributed by atoms with E-state index in [2.05, 4.69) is 0 Å². The number of ether oxygens (including phenoxy) is 1. The first kappa shape index (κ1) is 23.8. The Bertz CT molecular complexity index is 1570. The maximum atomic E-state index is 13.4. The summed E-state index contributed by atoms with van der Waals surface area (Å²) in [6.45, 7) is 1.93. The highest BCUT2D eigenvalue weighted by atomic mass is 16.5. The molecule has 1 aliphatic rings. The van der Waals surface area contributed by atoms with Crippen LogP contribution in [0.1, 0.15) is 34.5 Å². The van der Waals surface area contributed by atoms with Crippen molar-refractivity contribution in [1.82, 2.24) is 0 Å². The van der Waals surface area contributed by atoms with Crippen LogP contribution in [0, 0.1) is 0 Å². The van der Waals surface area contributed by atoms with Crippen LogP contribution in [0.4, 0.5) is 5.69 Å². The molecular weight excluding hydrogens is 470 g/mol. The molecule has 7 nitrogen and oxygen atoms in total. The van der Waals surface area contributed by atoms with Crippen LogP contribution in [0.25, 0.3) is 16.5 Å². The van der Waals surface area contributed by atoms with Crippen LogP contribution < -0.4 is 4.90 Å². The van der Waals surface area contributed by atoms with Gasteiger partial charge in [-0.3, -0.25) is 14.5 Å². The number of esters is 1. The van der Waals surface area contributed by atoms with Crippen molar-refractivity contribution in [2.45, 2.75) is 13.0 Å². The normalized spacial score (nSPS) is 16.8. The summed E-state index contributed by atoms with van der Waals surface area (Å²) in [7, 11) is 0. The number of carbonyl (C=O) groups is 3. The van der Waals surface area contributed by atoms with E-state index in [9.17, 15) is 24.6 Å². The van der Waals surface area contributed by atoms with Gasteiger partial charge in [-0.25, -0.2) is 4.79 Å². The number of Topliss-reactive ketones (excluding diaryl/α,β-unsaturated/α-hetero) is 1. The molecule has 4 aromatic rings. The molecule has 1 saturated heterocycles. The van der Waals surface area contributed by atoms with Gasteiger partial charge in [0, 0.05) is 11.3 Å². The number of aliphatic hydroxyl groups excluding tert-OH is 1. The molecular formula is C30H23NO6. The molecule has 1 unspecified atom stereocenters. The second kappa shape index (κ2) is 9.62. The van der Waals surface area contributed by atoms with Crippen LogP contribution in [0.5, 0.6) is 5.75 Å². The molecule has 0 aromatic heterocycles. The Balaban J connectivity index is 1.66. The molecule has 0 spiro atoms. The minimum atomic E-state index is -1.01. The van der Waals surface area contributed by atoms with Crippen molar-refractivity contribution in [3.05, 3.63) is 113 Å². The van der Waals surface area contributed by atoms with Crippen LogP contribution in [-0.4, -0.2) is 34.5 Å². The number of phenolic OH excluding ortho intramolecular Hbond substituents is 1. The number of aromatic hydroxyl groups is 1. The third-order valence-electron chi connectivity index (χ3n) is 6.31. The largest absolute Gasteiger partial charge is 0.508 e. The number of hydrogen-bond donors (Lipinski definition) is 2. The number of ketones is 1. The second-order valence-corrected chi connectivity index (χ2v) is 8.59. The number of nitrogens with zero attached hydrogens (tertiary/aromatic N) is 1. The Morgan fingerprint density at radius 3 is 2.27 bits per heavy atom. The fraction of sp³-hybridized carbons (Fsp3) is 0.100. The maximum absolute atomic E-state index is 13.4. The van der Waals surface area contributed by atoms with Gasteiger partial charge in [0.1, 0.15) is 11.5 Å². The summed E-state index contributed by atoms with van der Waals surface area (Å²) in [5, 5.41) is 23.3. The van der Waals surface area contributed by atoms with Crippen molar-refractivity contribution >= 4 is 39.9 Å². The number of phenols is 1. The lowest BCUT2D eigenvalue weighted by molar-refractivity contribution is -0.132. The van der Waals surface area contributed by atoms with Crippen LogP contribution in [0.2, 0.25) is 0 Å². The molecule has 1 fully saturated rings. The van der Waals surface area contributed by atoms with E-state index in [4.69, 9.17) is 4.74 Å². The molecule has 0 bridgehead atoms. The number of fused-ring (bicyclic) bond motifs is 1. The summed E-state index contributed by atoms with van der Waals surface area (Å²) < 4.78 is 5.02. The molecule has 0 aliphatic carbocycles. The third kappa shape index (κ3) is 4.31. The molecule has 184 valence electrons. The number of hydrogen-bond acceptors (Lipinski definition) is 6. The number of benzene rings is 4. The van der Waals surface area contributed by atoms with Crippen molar-refractivity contribution in [2.75, 3.05) is 11.5 Å². The lowest BCUT2D eigenvalue weighted by atomic mass is 9.94. The van der Waals surface area contributed by atoms with Gasteiger partial charge in [-0.15, -0.1) is 0 Å². The van der Waals surface area contributed by atoms with E-state index in [-0.39, 0.29) is 23.7 Å². The summed E-state index contributed by atoms with van der Waals surface area (Å²) in [6, 6.07) is 24.2. The van der Waals surface area contributed by atoms with E-state index in [1.165, 1.54) is 29.2 Å². The number of carbonyl (C=O) groups excluding carboxylic acids is 3. The van der Waals surface area contributed by atoms with Gasteiger partial charge in [-0.05, 0) is 65.7 Å². The van der Waals surface area contributed by atoms with E-state index in [0.29, 0.717) is 22.4 Å². The monoisotopic (exact) mass is 493 g/mol. The van der Waals surface area contributed by atoms with Gasteiger partial charge in [-0.2, -0.15) is 0 Å². The van der Waals surface area contributed by atoms with Gasteiger partial charge in [0.2, 0.25) is 0 Å². The number of anilines is 1. The molecule has 2 N–H and O–H groups in total. The van der Waals surface area contributed by atoms with E-state index < -0.39 is 23.7 Å². The van der Waals surface area contributed by atoms with Crippen LogP contribution >= 0.6 is 0 Å². The van der Waals surface area contributed by atoms with Crippen molar-refractivity contribution in [2.24, 2.45) is 0 Å². The summed E-state index contributed by atoms with van der Waals surface area (Å²) >= 11 is 0. The zero-order valence-corrected chi connectivity index (χ0v) is 19.9. The Hall–Kier alpha value is -4.91. The maximum Gasteiger partial charge on any atom is 0.338 e. The Morgan fingerprint density at radius 1 is 0.865 bits per heavy atom. The highest BCUT2D eigenvalue weighted by Crippen LogP contribution is 2.43. The summed E-state index contributed by atoms with van der Waals surface area (Å²) in [6.07, 6.45) is 0. The van der Waals surface area contributed by atoms with Gasteiger partial charge in [0.25, 0.3) is 11.7 Å². The van der Waals surface area contributed by atoms with E-state index >= 15 is 0 Å². The number of amides is 1. The fourth-order valence-electron chi connectivity index (χ4n) is 4.57. The minimum Gasteiger partial charge on any atom is -0.508 e. The standard InChI is InChI=1S/C30H23NO6/c1-2-37-30(36)19-12-14-23(15-13-19)31-26(21-8-5-9-24(32)17-21)25(28(34)29(31)35)27(33)22-11-10-18-6-3-4-7-20(18)16-22/h3-17,26,32-33H,2H2,1H3/b27-25-. The quantitative estimate of drug-likeness (QED) is 0.168. The molecule has 1 amide bonds. The predicted molar refractivity (Wildman–Crippen MR) is 139 cm³/mol. The molecule has 7 heteroatoms. The molecule has 5 rings (SSSR count). The van der Waals surface area contributed by atoms with Gasteiger partial charge >= 0.3 is 5.97 Å². The molecule has 1 aliphatic heterocycles. The summed E-state index contributed by atoms with van der Waals surface area (Å²) in [4.78, 5) is 40.0. The molecule has 4 aromatic carbocycles. The van der Waals surface area contributed by atoms with Gasteiger partial charge in [0.15, 0.2) is 0 Å². The molecule has 0 radical (unpaired) electrons. The van der Waals surface area contributed by atoms with Crippen LogP contribution in [0.3, 0.4) is 0 Å². The summed E-state index contributed by atoms with van der Waals surface area (Å²) in [5.74, 6) is -2.56. The van der Waals surface area contributed by atoms with Crippen molar-refractivity contribution in [1.29, 1.82) is 0 Å². The minimum absolute atomic E-state index is 0.0496. The first-order valence-electron chi connectivity index (χ1n) is 11.8. The Kier molecular flexibility index (Phi) is 6.19. The number of aliphatic hydroxyl groups is 1.